The first kappa shape index (κ1) is 18.1. The van der Waals surface area contributed by atoms with Crippen LogP contribution in [0.25, 0.3) is 0 Å². The molecule has 6 heteroatoms. The zero-order chi connectivity index (χ0) is 17.8. The molecular weight excluding hydrogens is 425 g/mol. The highest BCUT2D eigenvalue weighted by molar-refractivity contribution is 9.10. The van der Waals surface area contributed by atoms with Crippen molar-refractivity contribution in [2.24, 2.45) is 0 Å². The average Bonchev–Trinajstić information content (AvgIpc) is 2.60. The number of nitrogens with zero attached hydrogens (tertiary/aromatic N) is 1. The van der Waals surface area contributed by atoms with Gasteiger partial charge in [-0.15, -0.1) is 0 Å². The fourth-order valence-electron chi connectivity index (χ4n) is 2.34. The molecular formula is C19H14BrCl2NO2. The van der Waals surface area contributed by atoms with E-state index >= 15 is 0 Å². The third-order valence-electron chi connectivity index (χ3n) is 3.62. The summed E-state index contributed by atoms with van der Waals surface area (Å²) in [4.78, 5) is 12.5. The predicted molar refractivity (Wildman–Crippen MR) is 105 cm³/mol. The van der Waals surface area contributed by atoms with E-state index in [2.05, 4.69) is 15.9 Å². The number of ether oxygens (including phenoxy) is 1. The van der Waals surface area contributed by atoms with Gasteiger partial charge in [-0.2, -0.15) is 0 Å². The number of rotatable bonds is 5. The van der Waals surface area contributed by atoms with Crippen molar-refractivity contribution in [3.05, 3.63) is 96.8 Å². The summed E-state index contributed by atoms with van der Waals surface area (Å²) in [5.74, 6) is 0.502. The molecule has 0 N–H and O–H groups in total. The summed E-state index contributed by atoms with van der Waals surface area (Å²) in [7, 11) is 0. The Bertz CT molecular complexity index is 939. The molecule has 3 nitrogen and oxygen atoms in total. The van der Waals surface area contributed by atoms with Crippen LogP contribution < -0.4 is 10.3 Å². The van der Waals surface area contributed by atoms with Crippen LogP contribution in [0, 0.1) is 0 Å². The van der Waals surface area contributed by atoms with Gasteiger partial charge in [-0.1, -0.05) is 47.5 Å². The normalized spacial score (nSPS) is 10.7. The monoisotopic (exact) mass is 437 g/mol. The Balaban J connectivity index is 1.75. The summed E-state index contributed by atoms with van der Waals surface area (Å²) in [6, 6.07) is 16.6. The smallest absolute Gasteiger partial charge is 0.268 e. The van der Waals surface area contributed by atoms with Crippen LogP contribution in [0.5, 0.6) is 5.75 Å². The lowest BCUT2D eigenvalue weighted by Crippen LogP contribution is -2.21. The quantitative estimate of drug-likeness (QED) is 0.523. The van der Waals surface area contributed by atoms with Crippen LogP contribution in [0.4, 0.5) is 0 Å². The van der Waals surface area contributed by atoms with Crippen LogP contribution in [-0.4, -0.2) is 4.57 Å². The molecule has 128 valence electrons. The lowest BCUT2D eigenvalue weighted by Gasteiger charge is -2.11. The largest absolute Gasteiger partial charge is 0.487 e. The molecule has 0 radical (unpaired) electrons. The highest BCUT2D eigenvalue weighted by Gasteiger charge is 2.09. The average molecular weight is 439 g/mol. The zero-order valence-corrected chi connectivity index (χ0v) is 16.2. The van der Waals surface area contributed by atoms with Gasteiger partial charge in [-0.05, 0) is 57.4 Å². The molecule has 0 saturated heterocycles. The van der Waals surface area contributed by atoms with Crippen molar-refractivity contribution < 1.29 is 4.74 Å². The molecule has 0 unspecified atom stereocenters. The molecule has 3 aromatic rings. The Hall–Kier alpha value is -1.75. The van der Waals surface area contributed by atoms with Crippen molar-refractivity contribution in [1.82, 2.24) is 4.57 Å². The lowest BCUT2D eigenvalue weighted by molar-refractivity contribution is 0.302. The van der Waals surface area contributed by atoms with Crippen LogP contribution >= 0.6 is 39.1 Å². The lowest BCUT2D eigenvalue weighted by atomic mass is 10.2. The molecule has 2 aromatic carbocycles. The Kier molecular flexibility index (Phi) is 5.84. The Morgan fingerprint density at radius 2 is 1.72 bits per heavy atom. The van der Waals surface area contributed by atoms with E-state index in [1.54, 1.807) is 35.0 Å². The molecule has 3 rings (SSSR count). The van der Waals surface area contributed by atoms with Gasteiger partial charge in [0.1, 0.15) is 16.8 Å². The summed E-state index contributed by atoms with van der Waals surface area (Å²) < 4.78 is 7.74. The minimum atomic E-state index is -0.159. The summed E-state index contributed by atoms with van der Waals surface area (Å²) in [5.41, 5.74) is 1.77. The number of pyridine rings is 1. The molecule has 25 heavy (non-hydrogen) atoms. The predicted octanol–water partition coefficient (Wildman–Crippen LogP) is 5.54. The van der Waals surface area contributed by atoms with Gasteiger partial charge in [0.05, 0.1) is 6.54 Å². The van der Waals surface area contributed by atoms with E-state index < -0.39 is 0 Å². The zero-order valence-electron chi connectivity index (χ0n) is 13.1. The summed E-state index contributed by atoms with van der Waals surface area (Å²) in [6.07, 6.45) is 1.71. The number of halogens is 3. The molecule has 1 heterocycles. The number of aromatic nitrogens is 1. The van der Waals surface area contributed by atoms with E-state index in [0.717, 1.165) is 11.1 Å². The fraction of sp³-hybridized carbons (Fsp3) is 0.105. The fourth-order valence-corrected chi connectivity index (χ4v) is 3.15. The van der Waals surface area contributed by atoms with E-state index in [0.29, 0.717) is 33.4 Å². The highest BCUT2D eigenvalue weighted by Crippen LogP contribution is 2.22. The summed E-state index contributed by atoms with van der Waals surface area (Å²) in [5, 5.41) is 1.32. The van der Waals surface area contributed by atoms with Crippen molar-refractivity contribution in [2.75, 3.05) is 0 Å². The van der Waals surface area contributed by atoms with Crippen LogP contribution in [0.2, 0.25) is 10.0 Å². The minimum absolute atomic E-state index is 0.159. The van der Waals surface area contributed by atoms with Gasteiger partial charge in [0.25, 0.3) is 5.56 Å². The molecule has 1 aromatic heterocycles. The Morgan fingerprint density at radius 1 is 0.960 bits per heavy atom. The van der Waals surface area contributed by atoms with E-state index in [1.807, 2.05) is 30.3 Å². The van der Waals surface area contributed by atoms with Gasteiger partial charge in [0, 0.05) is 16.2 Å². The van der Waals surface area contributed by atoms with Crippen molar-refractivity contribution >= 4 is 39.1 Å². The standard InChI is InChI=1S/C19H14BrCl2NO2/c20-18-17(25-12-13-4-6-15(21)7-5-13)8-9-23(19(18)24)11-14-2-1-3-16(22)10-14/h1-10H,11-12H2. The number of hydrogen-bond acceptors (Lipinski definition) is 2. The van der Waals surface area contributed by atoms with E-state index in [4.69, 9.17) is 27.9 Å². The van der Waals surface area contributed by atoms with Gasteiger partial charge in [0.2, 0.25) is 0 Å². The second-order valence-corrected chi connectivity index (χ2v) is 7.14. The Morgan fingerprint density at radius 3 is 2.44 bits per heavy atom. The minimum Gasteiger partial charge on any atom is -0.487 e. The van der Waals surface area contributed by atoms with Crippen LogP contribution in [0.15, 0.2) is 70.1 Å². The molecule has 0 atom stereocenters. The van der Waals surface area contributed by atoms with Crippen molar-refractivity contribution in [2.45, 2.75) is 13.2 Å². The summed E-state index contributed by atoms with van der Waals surface area (Å²) >= 11 is 15.2. The van der Waals surface area contributed by atoms with E-state index in [-0.39, 0.29) is 5.56 Å². The van der Waals surface area contributed by atoms with Crippen LogP contribution in [0.1, 0.15) is 11.1 Å². The number of benzene rings is 2. The second kappa shape index (κ2) is 8.09. The van der Waals surface area contributed by atoms with Crippen molar-refractivity contribution in [1.29, 1.82) is 0 Å². The van der Waals surface area contributed by atoms with Gasteiger partial charge >= 0.3 is 0 Å². The number of hydrogen-bond donors (Lipinski definition) is 0. The van der Waals surface area contributed by atoms with Gasteiger partial charge in [0.15, 0.2) is 0 Å². The first-order valence-electron chi connectivity index (χ1n) is 7.53. The van der Waals surface area contributed by atoms with Gasteiger partial charge in [-0.3, -0.25) is 4.79 Å². The topological polar surface area (TPSA) is 31.2 Å². The van der Waals surface area contributed by atoms with Crippen LogP contribution in [-0.2, 0) is 13.2 Å². The second-order valence-electron chi connectivity index (χ2n) is 5.47. The molecule has 0 bridgehead atoms. The van der Waals surface area contributed by atoms with Crippen molar-refractivity contribution in [3.8, 4) is 5.75 Å². The molecule has 0 spiro atoms. The maximum Gasteiger partial charge on any atom is 0.268 e. The molecule has 0 aliphatic heterocycles. The summed E-state index contributed by atoms with van der Waals surface area (Å²) in [6.45, 7) is 0.795. The molecule has 0 saturated carbocycles. The molecule has 0 aliphatic rings. The SMILES string of the molecule is O=c1c(Br)c(OCc2ccc(Cl)cc2)ccn1Cc1cccc(Cl)c1. The first-order chi connectivity index (χ1) is 12.0. The molecule has 0 aliphatic carbocycles. The van der Waals surface area contributed by atoms with Crippen LogP contribution in [0.3, 0.4) is 0 Å². The van der Waals surface area contributed by atoms with E-state index in [1.165, 1.54) is 0 Å². The van der Waals surface area contributed by atoms with Crippen molar-refractivity contribution in [3.63, 3.8) is 0 Å². The first-order valence-corrected chi connectivity index (χ1v) is 9.08. The third-order valence-corrected chi connectivity index (χ3v) is 4.84. The van der Waals surface area contributed by atoms with Gasteiger partial charge < -0.3 is 9.30 Å². The maximum absolute atomic E-state index is 12.5. The maximum atomic E-state index is 12.5. The highest BCUT2D eigenvalue weighted by atomic mass is 79.9. The Labute approximate surface area is 163 Å². The van der Waals surface area contributed by atoms with Gasteiger partial charge in [-0.25, -0.2) is 0 Å². The molecule has 0 amide bonds. The third kappa shape index (κ3) is 4.66. The van der Waals surface area contributed by atoms with E-state index in [9.17, 15) is 4.79 Å². The molecule has 0 fully saturated rings.